The Kier molecular flexibility index (Phi) is 7.87. The van der Waals surface area contributed by atoms with E-state index in [0.717, 1.165) is 11.3 Å². The van der Waals surface area contributed by atoms with Crippen LogP contribution in [0.4, 0.5) is 0 Å². The van der Waals surface area contributed by atoms with Crippen molar-refractivity contribution in [1.29, 1.82) is 0 Å². The number of ether oxygens (including phenoxy) is 3. The first-order valence-corrected chi connectivity index (χ1v) is 9.22. The van der Waals surface area contributed by atoms with Gasteiger partial charge in [0, 0.05) is 6.54 Å². The predicted octanol–water partition coefficient (Wildman–Crippen LogP) is 3.45. The molecule has 2 aromatic carbocycles. The molecule has 0 fully saturated rings. The molecule has 2 aromatic rings. The molecule has 0 unspecified atom stereocenters. The number of amides is 1. The van der Waals surface area contributed by atoms with Gasteiger partial charge in [0.1, 0.15) is 11.5 Å². The summed E-state index contributed by atoms with van der Waals surface area (Å²) >= 11 is 0. The summed E-state index contributed by atoms with van der Waals surface area (Å²) in [4.78, 5) is 24.0. The van der Waals surface area contributed by atoms with Gasteiger partial charge in [0.15, 0.2) is 12.7 Å². The highest BCUT2D eigenvalue weighted by atomic mass is 16.6. The standard InChI is InChI=1S/C22H27NO5/c1-15(2)18-7-11-20(12-8-18)27-14-21(24)28-16(3)22(25)23-13-17-5-9-19(26-4)10-6-17/h5-12,15-16H,13-14H2,1-4H3,(H,23,25)/t16-/m0/s1. The molecule has 0 spiro atoms. The Morgan fingerprint density at radius 2 is 1.54 bits per heavy atom. The van der Waals surface area contributed by atoms with Crippen LogP contribution in [0.3, 0.4) is 0 Å². The average molecular weight is 385 g/mol. The summed E-state index contributed by atoms with van der Waals surface area (Å²) in [5, 5.41) is 2.73. The van der Waals surface area contributed by atoms with Crippen LogP contribution in [-0.2, 0) is 20.9 Å². The number of methoxy groups -OCH3 is 1. The number of carbonyl (C=O) groups excluding carboxylic acids is 2. The van der Waals surface area contributed by atoms with Crippen molar-refractivity contribution in [2.45, 2.75) is 39.3 Å². The molecule has 0 saturated heterocycles. The van der Waals surface area contributed by atoms with E-state index in [2.05, 4.69) is 19.2 Å². The zero-order valence-corrected chi connectivity index (χ0v) is 16.7. The van der Waals surface area contributed by atoms with Gasteiger partial charge in [0.2, 0.25) is 0 Å². The minimum Gasteiger partial charge on any atom is -0.497 e. The molecule has 150 valence electrons. The van der Waals surface area contributed by atoms with Crippen LogP contribution in [-0.4, -0.2) is 31.7 Å². The second-order valence-electron chi connectivity index (χ2n) is 6.71. The SMILES string of the molecule is COc1ccc(CNC(=O)[C@H](C)OC(=O)COc2ccc(C(C)C)cc2)cc1. The van der Waals surface area contributed by atoms with Crippen LogP contribution < -0.4 is 14.8 Å². The first-order chi connectivity index (χ1) is 13.4. The molecular formula is C22H27NO5. The van der Waals surface area contributed by atoms with E-state index < -0.39 is 12.1 Å². The molecule has 0 saturated carbocycles. The molecule has 6 nitrogen and oxygen atoms in total. The topological polar surface area (TPSA) is 73.9 Å². The van der Waals surface area contributed by atoms with E-state index in [1.165, 1.54) is 12.5 Å². The van der Waals surface area contributed by atoms with Gasteiger partial charge in [0.05, 0.1) is 7.11 Å². The number of nitrogens with one attached hydrogen (secondary N) is 1. The number of rotatable bonds is 9. The summed E-state index contributed by atoms with van der Waals surface area (Å²) in [6.45, 7) is 5.82. The van der Waals surface area contributed by atoms with Crippen molar-refractivity contribution in [2.24, 2.45) is 0 Å². The van der Waals surface area contributed by atoms with Crippen molar-refractivity contribution >= 4 is 11.9 Å². The van der Waals surface area contributed by atoms with Crippen molar-refractivity contribution in [3.8, 4) is 11.5 Å². The molecule has 0 aliphatic heterocycles. The number of esters is 1. The van der Waals surface area contributed by atoms with Crippen molar-refractivity contribution in [3.63, 3.8) is 0 Å². The molecule has 0 aliphatic carbocycles. The van der Waals surface area contributed by atoms with Crippen molar-refractivity contribution in [1.82, 2.24) is 5.32 Å². The molecule has 0 aliphatic rings. The quantitative estimate of drug-likeness (QED) is 0.670. The minimum atomic E-state index is -0.905. The highest BCUT2D eigenvalue weighted by Gasteiger charge is 2.18. The maximum absolute atomic E-state index is 12.1. The van der Waals surface area contributed by atoms with Crippen molar-refractivity contribution in [3.05, 3.63) is 59.7 Å². The lowest BCUT2D eigenvalue weighted by Gasteiger charge is -2.14. The summed E-state index contributed by atoms with van der Waals surface area (Å²) in [7, 11) is 1.59. The van der Waals surface area contributed by atoms with E-state index in [1.807, 2.05) is 48.5 Å². The van der Waals surface area contributed by atoms with Crippen molar-refractivity contribution < 1.29 is 23.8 Å². The zero-order chi connectivity index (χ0) is 20.5. The van der Waals surface area contributed by atoms with Gasteiger partial charge in [-0.3, -0.25) is 4.79 Å². The van der Waals surface area contributed by atoms with Crippen LogP contribution in [0.5, 0.6) is 11.5 Å². The second-order valence-corrected chi connectivity index (χ2v) is 6.71. The molecule has 1 atom stereocenters. The zero-order valence-electron chi connectivity index (χ0n) is 16.7. The van der Waals surface area contributed by atoms with Crippen molar-refractivity contribution in [2.75, 3.05) is 13.7 Å². The maximum atomic E-state index is 12.1. The summed E-state index contributed by atoms with van der Waals surface area (Å²) < 4.78 is 15.6. The predicted molar refractivity (Wildman–Crippen MR) is 106 cm³/mol. The summed E-state index contributed by atoms with van der Waals surface area (Å²) in [5.41, 5.74) is 2.11. The maximum Gasteiger partial charge on any atom is 0.344 e. The highest BCUT2D eigenvalue weighted by Crippen LogP contribution is 2.18. The van der Waals surface area contributed by atoms with Gasteiger partial charge in [0.25, 0.3) is 5.91 Å². The highest BCUT2D eigenvalue weighted by molar-refractivity contribution is 5.83. The van der Waals surface area contributed by atoms with E-state index in [4.69, 9.17) is 14.2 Å². The molecule has 0 bridgehead atoms. The van der Waals surface area contributed by atoms with Crippen LogP contribution in [0, 0.1) is 0 Å². The Bertz CT molecular complexity index is 769. The summed E-state index contributed by atoms with van der Waals surface area (Å²) in [5.74, 6) is 0.788. The Morgan fingerprint density at radius 1 is 0.929 bits per heavy atom. The van der Waals surface area contributed by atoms with Gasteiger partial charge in [-0.1, -0.05) is 38.1 Å². The normalized spacial score (nSPS) is 11.6. The van der Waals surface area contributed by atoms with Gasteiger partial charge < -0.3 is 19.5 Å². The summed E-state index contributed by atoms with van der Waals surface area (Å²) in [6.07, 6.45) is -0.905. The first-order valence-electron chi connectivity index (χ1n) is 9.22. The number of benzene rings is 2. The fourth-order valence-electron chi connectivity index (χ4n) is 2.45. The van der Waals surface area contributed by atoms with Crippen LogP contribution >= 0.6 is 0 Å². The molecule has 0 heterocycles. The van der Waals surface area contributed by atoms with E-state index in [0.29, 0.717) is 18.2 Å². The van der Waals surface area contributed by atoms with E-state index in [9.17, 15) is 9.59 Å². The lowest BCUT2D eigenvalue weighted by molar-refractivity contribution is -0.156. The first kappa shape index (κ1) is 21.3. The fraction of sp³-hybridized carbons (Fsp3) is 0.364. The monoisotopic (exact) mass is 385 g/mol. The molecule has 28 heavy (non-hydrogen) atoms. The second kappa shape index (κ2) is 10.3. The Hall–Kier alpha value is -3.02. The molecule has 0 radical (unpaired) electrons. The molecule has 2 rings (SSSR count). The Morgan fingerprint density at radius 3 is 2.11 bits per heavy atom. The van der Waals surface area contributed by atoms with Crippen LogP contribution in [0.25, 0.3) is 0 Å². The average Bonchev–Trinajstić information content (AvgIpc) is 2.71. The van der Waals surface area contributed by atoms with Gasteiger partial charge >= 0.3 is 5.97 Å². The lowest BCUT2D eigenvalue weighted by Crippen LogP contribution is -2.36. The van der Waals surface area contributed by atoms with Crippen LogP contribution in [0.15, 0.2) is 48.5 Å². The summed E-state index contributed by atoms with van der Waals surface area (Å²) in [6, 6.07) is 14.9. The number of hydrogen-bond acceptors (Lipinski definition) is 5. The molecular weight excluding hydrogens is 358 g/mol. The van der Waals surface area contributed by atoms with E-state index in [1.54, 1.807) is 7.11 Å². The number of hydrogen-bond donors (Lipinski definition) is 1. The fourth-order valence-corrected chi connectivity index (χ4v) is 2.45. The third-order valence-electron chi connectivity index (χ3n) is 4.21. The molecule has 1 amide bonds. The largest absolute Gasteiger partial charge is 0.497 e. The van der Waals surface area contributed by atoms with Gasteiger partial charge in [-0.15, -0.1) is 0 Å². The van der Waals surface area contributed by atoms with Crippen LogP contribution in [0.2, 0.25) is 0 Å². The van der Waals surface area contributed by atoms with E-state index in [-0.39, 0.29) is 12.5 Å². The smallest absolute Gasteiger partial charge is 0.344 e. The lowest BCUT2D eigenvalue weighted by atomic mass is 10.0. The third-order valence-corrected chi connectivity index (χ3v) is 4.21. The van der Waals surface area contributed by atoms with Crippen LogP contribution in [0.1, 0.15) is 37.8 Å². The Labute approximate surface area is 165 Å². The molecule has 1 N–H and O–H groups in total. The van der Waals surface area contributed by atoms with E-state index >= 15 is 0 Å². The Balaban J connectivity index is 1.73. The minimum absolute atomic E-state index is 0.253. The van der Waals surface area contributed by atoms with Gasteiger partial charge in [-0.2, -0.15) is 0 Å². The van der Waals surface area contributed by atoms with Gasteiger partial charge in [-0.25, -0.2) is 4.79 Å². The van der Waals surface area contributed by atoms with Gasteiger partial charge in [-0.05, 0) is 48.2 Å². The molecule has 0 aromatic heterocycles. The third kappa shape index (κ3) is 6.61. The number of carbonyl (C=O) groups is 2. The molecule has 6 heteroatoms.